The Morgan fingerprint density at radius 1 is 0.974 bits per heavy atom. The lowest BCUT2D eigenvalue weighted by Gasteiger charge is -2.29. The number of amides is 2. The predicted octanol–water partition coefficient (Wildman–Crippen LogP) is 5.39. The molecule has 1 aliphatic carbocycles. The first-order valence-corrected chi connectivity index (χ1v) is 13.3. The van der Waals surface area contributed by atoms with Crippen LogP contribution in [0.25, 0.3) is 17.3 Å². The summed E-state index contributed by atoms with van der Waals surface area (Å²) in [7, 11) is 0. The Labute approximate surface area is 226 Å². The number of nitrogens with one attached hydrogen (secondary N) is 3. The maximum atomic E-state index is 13.4. The second-order valence-electron chi connectivity index (χ2n) is 9.29. The number of anilines is 1. The summed E-state index contributed by atoms with van der Waals surface area (Å²) in [6.45, 7) is 0.457. The zero-order valence-electron chi connectivity index (χ0n) is 20.7. The van der Waals surface area contributed by atoms with Gasteiger partial charge in [-0.15, -0.1) is 0 Å². The predicted molar refractivity (Wildman–Crippen MR) is 142 cm³/mol. The summed E-state index contributed by atoms with van der Waals surface area (Å²) in [6.07, 6.45) is 2.27. The van der Waals surface area contributed by atoms with Crippen molar-refractivity contribution in [3.8, 4) is 11.3 Å². The third-order valence-corrected chi connectivity index (χ3v) is 7.36. The van der Waals surface area contributed by atoms with Crippen molar-refractivity contribution in [3.05, 3.63) is 76.6 Å². The minimum atomic E-state index is -4.45. The van der Waals surface area contributed by atoms with Crippen LogP contribution in [0.3, 0.4) is 0 Å². The van der Waals surface area contributed by atoms with Gasteiger partial charge in [0.15, 0.2) is 0 Å². The second kappa shape index (κ2) is 11.5. The average Bonchev–Trinajstić information content (AvgIpc) is 3.24. The van der Waals surface area contributed by atoms with Gasteiger partial charge in [0.1, 0.15) is 0 Å². The van der Waals surface area contributed by atoms with Crippen LogP contribution in [0.4, 0.5) is 23.9 Å². The van der Waals surface area contributed by atoms with Crippen LogP contribution in [0.2, 0.25) is 0 Å². The summed E-state index contributed by atoms with van der Waals surface area (Å²) < 4.78 is 40.3. The van der Waals surface area contributed by atoms with E-state index in [1.807, 2.05) is 6.07 Å². The highest BCUT2D eigenvalue weighted by atomic mass is 32.2. The largest absolute Gasteiger partial charge is 0.417 e. The number of thioether (sulfide) groups is 1. The number of hydrogen-bond donors (Lipinski definition) is 3. The van der Waals surface area contributed by atoms with Gasteiger partial charge in [-0.3, -0.25) is 19.9 Å². The van der Waals surface area contributed by atoms with Gasteiger partial charge in [-0.25, -0.2) is 9.97 Å². The molecule has 0 spiro atoms. The SMILES string of the molecule is O=C1NC(=O)C(=Cc2ccnc(N[C@H]3CC[C@H](NCc4cccc(-c5ccccc5C(F)(F)F)n4)CC3)n2)S1. The van der Waals surface area contributed by atoms with Crippen molar-refractivity contribution in [2.45, 2.75) is 50.5 Å². The Kier molecular flexibility index (Phi) is 7.94. The van der Waals surface area contributed by atoms with E-state index in [1.54, 1.807) is 36.5 Å². The maximum absolute atomic E-state index is 13.4. The van der Waals surface area contributed by atoms with Gasteiger partial charge in [0.2, 0.25) is 5.95 Å². The number of rotatable bonds is 7. The minimum Gasteiger partial charge on any atom is -0.351 e. The minimum absolute atomic E-state index is 0.0691. The van der Waals surface area contributed by atoms with Crippen molar-refractivity contribution in [1.82, 2.24) is 25.6 Å². The Morgan fingerprint density at radius 3 is 2.49 bits per heavy atom. The second-order valence-corrected chi connectivity index (χ2v) is 10.3. The molecule has 5 rings (SSSR count). The highest BCUT2D eigenvalue weighted by Crippen LogP contribution is 2.36. The van der Waals surface area contributed by atoms with Crippen molar-refractivity contribution < 1.29 is 22.8 Å². The molecule has 2 amide bonds. The summed E-state index contributed by atoms with van der Waals surface area (Å²) in [5.41, 5.74) is 0.881. The summed E-state index contributed by atoms with van der Waals surface area (Å²) in [4.78, 5) is 36.6. The summed E-state index contributed by atoms with van der Waals surface area (Å²) >= 11 is 0.838. The van der Waals surface area contributed by atoms with Crippen LogP contribution < -0.4 is 16.0 Å². The van der Waals surface area contributed by atoms with Gasteiger partial charge in [0.05, 0.1) is 27.6 Å². The van der Waals surface area contributed by atoms with Crippen LogP contribution in [-0.2, 0) is 17.5 Å². The molecule has 0 radical (unpaired) electrons. The number of carbonyl (C=O) groups is 2. The number of nitrogens with zero attached hydrogens (tertiary/aromatic N) is 3. The van der Waals surface area contributed by atoms with Crippen molar-refractivity contribution in [3.63, 3.8) is 0 Å². The first kappa shape index (κ1) is 26.8. The molecule has 0 atom stereocenters. The molecule has 2 aliphatic rings. The molecule has 0 bridgehead atoms. The molecule has 1 aliphatic heterocycles. The fourth-order valence-electron chi connectivity index (χ4n) is 4.63. The topological polar surface area (TPSA) is 109 Å². The molecule has 0 unspecified atom stereocenters. The molecule has 12 heteroatoms. The highest BCUT2D eigenvalue weighted by Gasteiger charge is 2.33. The van der Waals surface area contributed by atoms with Gasteiger partial charge < -0.3 is 10.6 Å². The molecule has 1 aromatic carbocycles. The summed E-state index contributed by atoms with van der Waals surface area (Å²) in [6, 6.07) is 12.7. The van der Waals surface area contributed by atoms with Crippen LogP contribution in [0, 0.1) is 0 Å². The van der Waals surface area contributed by atoms with Gasteiger partial charge in [-0.2, -0.15) is 13.2 Å². The molecule has 2 fully saturated rings. The van der Waals surface area contributed by atoms with Crippen LogP contribution in [0.15, 0.2) is 59.6 Å². The van der Waals surface area contributed by atoms with Crippen molar-refractivity contribution in [2.75, 3.05) is 5.32 Å². The number of hydrogen-bond acceptors (Lipinski definition) is 8. The number of halogens is 3. The molecule has 3 aromatic rings. The van der Waals surface area contributed by atoms with E-state index in [4.69, 9.17) is 0 Å². The fourth-order valence-corrected chi connectivity index (χ4v) is 5.30. The number of benzene rings is 1. The lowest BCUT2D eigenvalue weighted by Crippen LogP contribution is -2.37. The van der Waals surface area contributed by atoms with Gasteiger partial charge in [0, 0.05) is 30.4 Å². The molecule has 1 saturated heterocycles. The molecule has 1 saturated carbocycles. The summed E-state index contributed by atoms with van der Waals surface area (Å²) in [5, 5.41) is 8.64. The van der Waals surface area contributed by atoms with E-state index in [-0.39, 0.29) is 17.6 Å². The maximum Gasteiger partial charge on any atom is 0.417 e. The first-order valence-electron chi connectivity index (χ1n) is 12.4. The summed E-state index contributed by atoms with van der Waals surface area (Å²) in [5.74, 6) is 0.0210. The zero-order valence-corrected chi connectivity index (χ0v) is 21.5. The van der Waals surface area contributed by atoms with Crippen LogP contribution in [0.1, 0.15) is 42.6 Å². The van der Waals surface area contributed by atoms with Crippen LogP contribution >= 0.6 is 11.8 Å². The lowest BCUT2D eigenvalue weighted by atomic mass is 9.91. The normalized spacial score (nSPS) is 20.7. The van der Waals surface area contributed by atoms with E-state index in [2.05, 4.69) is 30.9 Å². The number of aromatic nitrogens is 3. The molecular formula is C27H25F3N6O2S. The van der Waals surface area contributed by atoms with Crippen LogP contribution in [-0.4, -0.2) is 38.2 Å². The molecule has 39 heavy (non-hydrogen) atoms. The standard InChI is InChI=1S/C27H25F3N6O2S/c28-27(29,30)21-6-2-1-5-20(21)22-7-3-4-19(33-22)15-32-16-8-10-17(11-9-16)34-25-31-13-12-18(35-25)14-23-24(37)36-26(38)39-23/h1-7,12-14,16-17,32H,8-11,15H2,(H,31,34,35)(H,36,37,38)/t16-,17-. The molecule has 3 heterocycles. The van der Waals surface area contributed by atoms with E-state index in [9.17, 15) is 22.8 Å². The zero-order chi connectivity index (χ0) is 27.4. The van der Waals surface area contributed by atoms with Gasteiger partial charge in [-0.05, 0) is 67.8 Å². The fraction of sp³-hybridized carbons (Fsp3) is 0.296. The molecular weight excluding hydrogens is 529 g/mol. The quantitative estimate of drug-likeness (QED) is 0.334. The molecule has 202 valence electrons. The Balaban J connectivity index is 1.14. The average molecular weight is 555 g/mol. The first-order chi connectivity index (χ1) is 18.7. The molecule has 3 N–H and O–H groups in total. The highest BCUT2D eigenvalue weighted by molar-refractivity contribution is 8.18. The Bertz CT molecular complexity index is 1410. The van der Waals surface area contributed by atoms with E-state index >= 15 is 0 Å². The van der Waals surface area contributed by atoms with Gasteiger partial charge in [0.25, 0.3) is 11.1 Å². The number of pyridine rings is 1. The molecule has 2 aromatic heterocycles. The number of alkyl halides is 3. The van der Waals surface area contributed by atoms with E-state index in [1.165, 1.54) is 12.1 Å². The number of carbonyl (C=O) groups excluding carboxylic acids is 2. The van der Waals surface area contributed by atoms with E-state index in [0.717, 1.165) is 43.5 Å². The monoisotopic (exact) mass is 554 g/mol. The van der Waals surface area contributed by atoms with Crippen molar-refractivity contribution in [1.29, 1.82) is 0 Å². The van der Waals surface area contributed by atoms with E-state index < -0.39 is 22.9 Å². The molecule has 8 nitrogen and oxygen atoms in total. The number of imide groups is 1. The van der Waals surface area contributed by atoms with Crippen molar-refractivity contribution >= 4 is 34.9 Å². The van der Waals surface area contributed by atoms with Crippen LogP contribution in [0.5, 0.6) is 0 Å². The van der Waals surface area contributed by atoms with Crippen molar-refractivity contribution in [2.24, 2.45) is 0 Å². The smallest absolute Gasteiger partial charge is 0.351 e. The van der Waals surface area contributed by atoms with Gasteiger partial charge in [-0.1, -0.05) is 24.3 Å². The third kappa shape index (κ3) is 6.82. The lowest BCUT2D eigenvalue weighted by molar-refractivity contribution is -0.137. The Morgan fingerprint density at radius 2 is 1.74 bits per heavy atom. The van der Waals surface area contributed by atoms with Gasteiger partial charge >= 0.3 is 6.18 Å². The van der Waals surface area contributed by atoms with E-state index in [0.29, 0.717) is 34.5 Å². The Hall–Kier alpha value is -3.77. The third-order valence-electron chi connectivity index (χ3n) is 6.55.